The van der Waals surface area contributed by atoms with Crippen LogP contribution in [0.1, 0.15) is 97.3 Å². The van der Waals surface area contributed by atoms with Gasteiger partial charge in [0.15, 0.2) is 6.10 Å². The molecule has 0 radical (unpaired) electrons. The Morgan fingerprint density at radius 2 is 1.37 bits per heavy atom. The van der Waals surface area contributed by atoms with Crippen LogP contribution in [0.3, 0.4) is 0 Å². The largest absolute Gasteiger partial charge is 0.472 e. The maximum absolute atomic E-state index is 12.0. The summed E-state index contributed by atoms with van der Waals surface area (Å²) in [7, 11) is -3.17. The van der Waals surface area contributed by atoms with Crippen LogP contribution in [-0.2, 0) is 32.7 Å². The molecule has 0 fully saturated rings. The summed E-state index contributed by atoms with van der Waals surface area (Å²) in [4.78, 5) is 32.7. The molecule has 8 nitrogen and oxygen atoms in total. The highest BCUT2D eigenvalue weighted by molar-refractivity contribution is 7.47. The van der Waals surface area contributed by atoms with Gasteiger partial charge in [-0.3, -0.25) is 18.6 Å². The lowest BCUT2D eigenvalue weighted by molar-refractivity contribution is -0.161. The van der Waals surface area contributed by atoms with Crippen molar-refractivity contribution in [1.82, 2.24) is 0 Å². The second-order valence-electron chi connectivity index (χ2n) is 7.38. The molecule has 0 rings (SSSR count). The number of hydrogen-bond acceptors (Lipinski definition) is 7. The van der Waals surface area contributed by atoms with Crippen molar-refractivity contribution in [3.05, 3.63) is 0 Å². The van der Waals surface area contributed by atoms with Crippen molar-refractivity contribution in [1.29, 1.82) is 0 Å². The van der Waals surface area contributed by atoms with Gasteiger partial charge in [0.2, 0.25) is 0 Å². The van der Waals surface area contributed by atoms with Crippen LogP contribution in [0.2, 0.25) is 0 Å². The maximum Gasteiger partial charge on any atom is 0.472 e. The standard InChI is InChI=1S/C21H41O8P/c1-4-6-7-8-9-10-11-12-13-14-15-16-21(23)29-19(17-27-20(22)5-2)18-28-30(24,25)26-3/h19H,4-18H2,1-3H3,(H,24,25)/t19-/m1/s1. The van der Waals surface area contributed by atoms with Crippen molar-refractivity contribution < 1.29 is 37.6 Å². The summed E-state index contributed by atoms with van der Waals surface area (Å²) in [6.07, 6.45) is 12.5. The van der Waals surface area contributed by atoms with Gasteiger partial charge in [-0.25, -0.2) is 4.57 Å². The Morgan fingerprint density at radius 1 is 0.833 bits per heavy atom. The van der Waals surface area contributed by atoms with Crippen LogP contribution in [0.25, 0.3) is 0 Å². The normalized spacial score (nSPS) is 14.1. The fraction of sp³-hybridized carbons (Fsp3) is 0.905. The fourth-order valence-corrected chi connectivity index (χ4v) is 3.27. The third kappa shape index (κ3) is 17.9. The lowest BCUT2D eigenvalue weighted by Crippen LogP contribution is -2.29. The molecular weight excluding hydrogens is 411 g/mol. The van der Waals surface area contributed by atoms with Gasteiger partial charge in [-0.05, 0) is 6.42 Å². The summed E-state index contributed by atoms with van der Waals surface area (Å²) < 4.78 is 30.7. The Kier molecular flexibility index (Phi) is 18.2. The van der Waals surface area contributed by atoms with Gasteiger partial charge in [0.1, 0.15) is 6.61 Å². The topological polar surface area (TPSA) is 108 Å². The molecule has 0 spiro atoms. The molecule has 1 unspecified atom stereocenters. The molecule has 9 heteroatoms. The molecule has 0 aliphatic rings. The van der Waals surface area contributed by atoms with E-state index in [2.05, 4.69) is 11.4 Å². The number of phosphoric acid groups is 1. The van der Waals surface area contributed by atoms with Crippen molar-refractivity contribution in [3.8, 4) is 0 Å². The van der Waals surface area contributed by atoms with Gasteiger partial charge in [-0.15, -0.1) is 0 Å². The zero-order valence-electron chi connectivity index (χ0n) is 18.9. The second kappa shape index (κ2) is 18.8. The summed E-state index contributed by atoms with van der Waals surface area (Å²) >= 11 is 0. The van der Waals surface area contributed by atoms with E-state index < -0.39 is 32.5 Å². The summed E-state index contributed by atoms with van der Waals surface area (Å²) in [5, 5.41) is 0. The number of unbranched alkanes of at least 4 members (excludes halogenated alkanes) is 10. The molecule has 0 heterocycles. The molecule has 0 saturated heterocycles. The SMILES string of the molecule is CCCCCCCCCCCCCC(=O)O[C@H](COC(=O)CC)COP(=O)(O)OC. The third-order valence-electron chi connectivity index (χ3n) is 4.66. The van der Waals surface area contributed by atoms with Gasteiger partial charge >= 0.3 is 19.8 Å². The van der Waals surface area contributed by atoms with E-state index in [4.69, 9.17) is 14.0 Å². The minimum atomic E-state index is -4.20. The average molecular weight is 453 g/mol. The number of hydrogen-bond donors (Lipinski definition) is 1. The quantitative estimate of drug-likeness (QED) is 0.150. The highest BCUT2D eigenvalue weighted by Crippen LogP contribution is 2.42. The maximum atomic E-state index is 12.0. The van der Waals surface area contributed by atoms with Crippen LogP contribution in [0.5, 0.6) is 0 Å². The fourth-order valence-electron chi connectivity index (χ4n) is 2.81. The predicted octanol–water partition coefficient (Wildman–Crippen LogP) is 5.32. The third-order valence-corrected chi connectivity index (χ3v) is 5.59. The van der Waals surface area contributed by atoms with Gasteiger partial charge in [-0.2, -0.15) is 0 Å². The number of esters is 2. The monoisotopic (exact) mass is 452 g/mol. The van der Waals surface area contributed by atoms with E-state index in [1.807, 2.05) is 0 Å². The summed E-state index contributed by atoms with van der Waals surface area (Å²) in [6, 6.07) is 0. The second-order valence-corrected chi connectivity index (χ2v) is 8.94. The first-order chi connectivity index (χ1) is 14.3. The van der Waals surface area contributed by atoms with E-state index in [1.165, 1.54) is 51.4 Å². The first-order valence-electron chi connectivity index (χ1n) is 11.2. The van der Waals surface area contributed by atoms with Gasteiger partial charge < -0.3 is 14.4 Å². The van der Waals surface area contributed by atoms with E-state index >= 15 is 0 Å². The number of carbonyl (C=O) groups is 2. The first-order valence-corrected chi connectivity index (χ1v) is 12.7. The Morgan fingerprint density at radius 3 is 1.87 bits per heavy atom. The van der Waals surface area contributed by atoms with E-state index in [0.717, 1.165) is 20.0 Å². The zero-order valence-corrected chi connectivity index (χ0v) is 19.8. The average Bonchev–Trinajstić information content (AvgIpc) is 2.73. The minimum absolute atomic E-state index is 0.177. The minimum Gasteiger partial charge on any atom is -0.462 e. The lowest BCUT2D eigenvalue weighted by atomic mass is 10.1. The van der Waals surface area contributed by atoms with Crippen molar-refractivity contribution in [3.63, 3.8) is 0 Å². The Balaban J connectivity index is 3.99. The summed E-state index contributed by atoms with van der Waals surface area (Å²) in [5.74, 6) is -0.905. The van der Waals surface area contributed by atoms with Gasteiger partial charge in [-0.1, -0.05) is 78.1 Å². The summed E-state index contributed by atoms with van der Waals surface area (Å²) in [5.41, 5.74) is 0. The van der Waals surface area contributed by atoms with Crippen molar-refractivity contribution in [2.75, 3.05) is 20.3 Å². The van der Waals surface area contributed by atoms with Crippen LogP contribution in [-0.4, -0.2) is 43.3 Å². The van der Waals surface area contributed by atoms with Gasteiger partial charge in [0.25, 0.3) is 0 Å². The predicted molar refractivity (Wildman–Crippen MR) is 115 cm³/mol. The molecule has 178 valence electrons. The highest BCUT2D eigenvalue weighted by atomic mass is 31.2. The van der Waals surface area contributed by atoms with E-state index in [0.29, 0.717) is 6.42 Å². The van der Waals surface area contributed by atoms with Gasteiger partial charge in [0.05, 0.1) is 6.61 Å². The van der Waals surface area contributed by atoms with Crippen LogP contribution in [0.15, 0.2) is 0 Å². The van der Waals surface area contributed by atoms with Crippen LogP contribution >= 0.6 is 7.82 Å². The van der Waals surface area contributed by atoms with Crippen LogP contribution < -0.4 is 0 Å². The Hall–Kier alpha value is -0.950. The van der Waals surface area contributed by atoms with Crippen molar-refractivity contribution >= 4 is 19.8 Å². The number of ether oxygens (including phenoxy) is 2. The molecule has 0 amide bonds. The molecule has 0 aliphatic heterocycles. The lowest BCUT2D eigenvalue weighted by Gasteiger charge is -2.19. The molecule has 0 aromatic carbocycles. The molecule has 30 heavy (non-hydrogen) atoms. The smallest absolute Gasteiger partial charge is 0.462 e. The molecule has 0 bridgehead atoms. The number of phosphoric ester groups is 1. The zero-order chi connectivity index (χ0) is 22.7. The molecule has 0 aliphatic carbocycles. The first kappa shape index (κ1) is 29.1. The molecule has 0 saturated carbocycles. The molecule has 1 N–H and O–H groups in total. The molecule has 0 aromatic rings. The van der Waals surface area contributed by atoms with Crippen molar-refractivity contribution in [2.45, 2.75) is 103 Å². The molecule has 0 aromatic heterocycles. The highest BCUT2D eigenvalue weighted by Gasteiger charge is 2.24. The molecular formula is C21H41O8P. The Labute approximate surface area is 181 Å². The van der Waals surface area contributed by atoms with Crippen LogP contribution in [0, 0.1) is 0 Å². The number of carbonyl (C=O) groups excluding carboxylic acids is 2. The van der Waals surface area contributed by atoms with Crippen LogP contribution in [0.4, 0.5) is 0 Å². The van der Waals surface area contributed by atoms with E-state index in [1.54, 1.807) is 6.92 Å². The van der Waals surface area contributed by atoms with E-state index in [9.17, 15) is 19.0 Å². The van der Waals surface area contributed by atoms with Gasteiger partial charge in [0, 0.05) is 20.0 Å². The summed E-state index contributed by atoms with van der Waals surface area (Å²) in [6.45, 7) is 3.22. The molecule has 2 atom stereocenters. The van der Waals surface area contributed by atoms with Crippen molar-refractivity contribution in [2.24, 2.45) is 0 Å². The van der Waals surface area contributed by atoms with E-state index in [-0.39, 0.29) is 19.4 Å². The number of rotatable bonds is 20. The Bertz CT molecular complexity index is 497.